The summed E-state index contributed by atoms with van der Waals surface area (Å²) in [4.78, 5) is 91.3. The molecule has 0 bridgehead atoms. The summed E-state index contributed by atoms with van der Waals surface area (Å²) in [6, 6.07) is 7.12. The van der Waals surface area contributed by atoms with E-state index in [1.54, 1.807) is 12.1 Å². The molecule has 3 rings (SSSR count). The molecule has 0 saturated carbocycles. The lowest BCUT2D eigenvalue weighted by Gasteiger charge is -2.17. The Hall–Kier alpha value is -4.45. The van der Waals surface area contributed by atoms with Gasteiger partial charge in [0.1, 0.15) is 0 Å². The molecule has 2 aliphatic rings. The zero-order valence-electron chi connectivity index (χ0n) is 30.2. The minimum absolute atomic E-state index is 0.0105. The van der Waals surface area contributed by atoms with Gasteiger partial charge in [0.25, 0.3) is 17.7 Å². The maximum Gasteiger partial charge on any atom is 0.253 e. The first kappa shape index (κ1) is 43.0. The Bertz CT molecular complexity index is 1440. The number of nitrogens with zero attached hydrogens (tertiary/aromatic N) is 3. The highest BCUT2D eigenvalue weighted by Gasteiger charge is 2.39. The molecule has 0 aliphatic carbocycles. The summed E-state index contributed by atoms with van der Waals surface area (Å²) in [5.74, 6) is -2.30. The molecule has 16 nitrogen and oxygen atoms in total. The summed E-state index contributed by atoms with van der Waals surface area (Å²) >= 11 is 1.37. The van der Waals surface area contributed by atoms with Crippen molar-refractivity contribution in [2.45, 2.75) is 49.5 Å². The van der Waals surface area contributed by atoms with E-state index in [9.17, 15) is 33.6 Å². The first-order valence-electron chi connectivity index (χ1n) is 17.7. The molecule has 0 aromatic heterocycles. The number of amides is 7. The molecular weight excluding hydrogens is 708 g/mol. The maximum absolute atomic E-state index is 13.0. The highest BCUT2D eigenvalue weighted by Crippen LogP contribution is 2.37. The lowest BCUT2D eigenvalue weighted by molar-refractivity contribution is -0.140. The second-order valence-electron chi connectivity index (χ2n) is 12.1. The second-order valence-corrected chi connectivity index (χ2v) is 13.6. The van der Waals surface area contributed by atoms with E-state index < -0.39 is 17.1 Å². The quantitative estimate of drug-likeness (QED) is 0.0651. The minimum Gasteiger partial charge on any atom is -0.380 e. The molecule has 1 aromatic carbocycles. The lowest BCUT2D eigenvalue weighted by Crippen LogP contribution is -2.36. The lowest BCUT2D eigenvalue weighted by atomic mass is 10.1. The van der Waals surface area contributed by atoms with E-state index in [-0.39, 0.29) is 80.3 Å². The van der Waals surface area contributed by atoms with Crippen molar-refractivity contribution in [3.05, 3.63) is 47.5 Å². The van der Waals surface area contributed by atoms with E-state index in [1.165, 1.54) is 23.9 Å². The third kappa shape index (κ3) is 15.6. The number of carbonyl (C=O) groups is 7. The molecule has 1 aromatic rings. The average Bonchev–Trinajstić information content (AvgIpc) is 3.61. The standard InChI is InChI=1S/C36H50N6O10S/c1-26(27-5-7-28(8-6-27)35(48)40-16-24-52-21-4-20-51-22-14-37-2)53-29-25-34(47)42(36(29)49)18-12-31(44)39-15-23-50-19-3-13-38-30(43)11-17-41-32(45)9-10-33(41)46/h5-10,26,29H,2-4,11-25H2,1H3,(H,38,43)(H,39,44)(H,40,48). The Labute approximate surface area is 313 Å². The van der Waals surface area contributed by atoms with Crippen LogP contribution in [0, 0.1) is 0 Å². The number of thioether (sulfide) groups is 1. The number of benzene rings is 1. The van der Waals surface area contributed by atoms with Crippen molar-refractivity contribution in [1.82, 2.24) is 25.8 Å². The van der Waals surface area contributed by atoms with Gasteiger partial charge in [-0.25, -0.2) is 0 Å². The van der Waals surface area contributed by atoms with Gasteiger partial charge in [-0.1, -0.05) is 12.1 Å². The summed E-state index contributed by atoms with van der Waals surface area (Å²) < 4.78 is 16.3. The van der Waals surface area contributed by atoms with Gasteiger partial charge in [-0.2, -0.15) is 0 Å². The summed E-state index contributed by atoms with van der Waals surface area (Å²) in [6.07, 6.45) is 3.68. The zero-order chi connectivity index (χ0) is 38.4. The average molecular weight is 759 g/mol. The van der Waals surface area contributed by atoms with Gasteiger partial charge in [-0.05, 0) is 44.2 Å². The van der Waals surface area contributed by atoms with Gasteiger partial charge >= 0.3 is 0 Å². The number of imide groups is 2. The molecule has 53 heavy (non-hydrogen) atoms. The van der Waals surface area contributed by atoms with Crippen LogP contribution in [0.4, 0.5) is 0 Å². The Morgan fingerprint density at radius 2 is 1.36 bits per heavy atom. The van der Waals surface area contributed by atoms with Crippen molar-refractivity contribution in [3.8, 4) is 0 Å². The molecule has 2 heterocycles. The van der Waals surface area contributed by atoms with Crippen LogP contribution in [0.3, 0.4) is 0 Å². The van der Waals surface area contributed by atoms with Gasteiger partial charge in [0, 0.05) is 94.8 Å². The highest BCUT2D eigenvalue weighted by atomic mass is 32.2. The third-order valence-electron chi connectivity index (χ3n) is 8.10. The monoisotopic (exact) mass is 758 g/mol. The first-order chi connectivity index (χ1) is 25.6. The van der Waals surface area contributed by atoms with E-state index in [0.29, 0.717) is 64.7 Å². The molecule has 1 saturated heterocycles. The van der Waals surface area contributed by atoms with E-state index in [4.69, 9.17) is 14.2 Å². The van der Waals surface area contributed by atoms with Gasteiger partial charge in [0.05, 0.1) is 31.6 Å². The van der Waals surface area contributed by atoms with Crippen LogP contribution >= 0.6 is 11.8 Å². The number of rotatable bonds is 27. The Morgan fingerprint density at radius 3 is 2.00 bits per heavy atom. The fourth-order valence-electron chi connectivity index (χ4n) is 5.18. The Morgan fingerprint density at radius 1 is 0.792 bits per heavy atom. The smallest absolute Gasteiger partial charge is 0.253 e. The van der Waals surface area contributed by atoms with E-state index in [0.717, 1.165) is 21.8 Å². The maximum atomic E-state index is 13.0. The Balaban J connectivity index is 1.22. The van der Waals surface area contributed by atoms with Crippen LogP contribution < -0.4 is 16.0 Å². The number of carbonyl (C=O) groups excluding carboxylic acids is 7. The van der Waals surface area contributed by atoms with Crippen molar-refractivity contribution in [2.24, 2.45) is 4.99 Å². The summed E-state index contributed by atoms with van der Waals surface area (Å²) in [7, 11) is 0. The fraction of sp³-hybridized carbons (Fsp3) is 0.556. The van der Waals surface area contributed by atoms with E-state index in [2.05, 4.69) is 27.7 Å². The highest BCUT2D eigenvalue weighted by molar-refractivity contribution is 8.00. The van der Waals surface area contributed by atoms with Gasteiger partial charge in [-0.15, -0.1) is 11.8 Å². The molecule has 17 heteroatoms. The fourth-order valence-corrected chi connectivity index (χ4v) is 6.47. The molecular formula is C36H50N6O10S. The number of aliphatic imine (C=N–C) groups is 1. The van der Waals surface area contributed by atoms with Crippen LogP contribution in [0.25, 0.3) is 0 Å². The van der Waals surface area contributed by atoms with Crippen molar-refractivity contribution in [1.29, 1.82) is 0 Å². The predicted molar refractivity (Wildman–Crippen MR) is 197 cm³/mol. The van der Waals surface area contributed by atoms with Gasteiger partial charge < -0.3 is 30.2 Å². The molecule has 2 aliphatic heterocycles. The van der Waals surface area contributed by atoms with E-state index in [1.807, 2.05) is 19.1 Å². The van der Waals surface area contributed by atoms with Crippen molar-refractivity contribution in [2.75, 3.05) is 78.9 Å². The normalized spacial score (nSPS) is 16.0. The number of nitrogens with one attached hydrogen (secondary N) is 3. The van der Waals surface area contributed by atoms with Gasteiger partial charge in [-0.3, -0.25) is 48.4 Å². The Kier molecular flexibility index (Phi) is 19.4. The zero-order valence-corrected chi connectivity index (χ0v) is 31.0. The molecule has 290 valence electrons. The van der Waals surface area contributed by atoms with Crippen molar-refractivity contribution >= 4 is 59.8 Å². The number of hydrogen-bond acceptors (Lipinski definition) is 12. The van der Waals surface area contributed by atoms with Crippen molar-refractivity contribution < 1.29 is 47.8 Å². The van der Waals surface area contributed by atoms with E-state index >= 15 is 0 Å². The van der Waals surface area contributed by atoms with Crippen molar-refractivity contribution in [3.63, 3.8) is 0 Å². The van der Waals surface area contributed by atoms with Crippen LogP contribution in [-0.2, 0) is 43.0 Å². The molecule has 3 N–H and O–H groups in total. The summed E-state index contributed by atoms with van der Waals surface area (Å²) in [5, 5.41) is 7.55. The molecule has 0 spiro atoms. The summed E-state index contributed by atoms with van der Waals surface area (Å²) in [6.45, 7) is 9.54. The summed E-state index contributed by atoms with van der Waals surface area (Å²) in [5.41, 5.74) is 1.41. The number of hydrogen-bond donors (Lipinski definition) is 3. The van der Waals surface area contributed by atoms with Crippen LogP contribution in [-0.4, -0.2) is 142 Å². The van der Waals surface area contributed by atoms with Gasteiger partial charge in [0.15, 0.2) is 0 Å². The van der Waals surface area contributed by atoms with Crippen LogP contribution in [0.2, 0.25) is 0 Å². The van der Waals surface area contributed by atoms with Crippen LogP contribution in [0.1, 0.15) is 60.2 Å². The molecule has 2 atom stereocenters. The second kappa shape index (κ2) is 24.0. The molecule has 0 radical (unpaired) electrons. The first-order valence-corrected chi connectivity index (χ1v) is 18.7. The third-order valence-corrected chi connectivity index (χ3v) is 9.48. The molecule has 7 amide bonds. The number of likely N-dealkylation sites (tertiary alicyclic amines) is 1. The molecule has 1 fully saturated rings. The van der Waals surface area contributed by atoms with Gasteiger partial charge in [0.2, 0.25) is 23.6 Å². The minimum atomic E-state index is -0.562. The predicted octanol–water partition coefficient (Wildman–Crippen LogP) is 0.806. The van der Waals surface area contributed by atoms with Crippen LogP contribution in [0.15, 0.2) is 41.4 Å². The SMILES string of the molecule is C=NCCOCCCOCCNC(=O)c1ccc(C(C)SC2CC(=O)N(CCC(=O)NCCOCCCNC(=O)CCN3C(=O)C=CC3=O)C2=O)cc1. The largest absolute Gasteiger partial charge is 0.380 e. The number of ether oxygens (including phenoxy) is 3. The molecule has 2 unspecified atom stereocenters. The van der Waals surface area contributed by atoms with Crippen LogP contribution in [0.5, 0.6) is 0 Å². The topological polar surface area (TPSA) is 202 Å².